The van der Waals surface area contributed by atoms with E-state index in [1.807, 2.05) is 42.5 Å². The van der Waals surface area contributed by atoms with Gasteiger partial charge in [0.1, 0.15) is 5.75 Å². The van der Waals surface area contributed by atoms with Crippen LogP contribution in [0.1, 0.15) is 28.9 Å². The molecule has 0 aliphatic carbocycles. The Morgan fingerprint density at radius 2 is 1.95 bits per heavy atom. The molecule has 1 fully saturated rings. The monoisotopic (exact) mass is 503 g/mol. The van der Waals surface area contributed by atoms with Crippen molar-refractivity contribution in [3.8, 4) is 28.3 Å². The highest BCUT2D eigenvalue weighted by Gasteiger charge is 2.20. The molecule has 4 heterocycles. The summed E-state index contributed by atoms with van der Waals surface area (Å²) in [6, 6.07) is 13.7. The second-order valence-electron chi connectivity index (χ2n) is 9.29. The first kappa shape index (κ1) is 25.0. The van der Waals surface area contributed by atoms with E-state index in [9.17, 15) is 9.59 Å². The molecule has 2 aliphatic rings. The first-order chi connectivity index (χ1) is 18.2. The van der Waals surface area contributed by atoms with Crippen LogP contribution in [0, 0.1) is 0 Å². The van der Waals surface area contributed by atoms with Crippen molar-refractivity contribution in [2.24, 2.45) is 0 Å². The SMILES string of the molecule is O=C(CCCOc1ccc(-c2cc(-c3cc4c([nH]3)CCNC4=O)ccn2)cc1)NCCN1CCOCC1. The third-order valence-corrected chi connectivity index (χ3v) is 6.70. The molecule has 1 aromatic carbocycles. The number of hydrogen-bond donors (Lipinski definition) is 3. The topological polar surface area (TPSA) is 109 Å². The second kappa shape index (κ2) is 12.0. The van der Waals surface area contributed by atoms with Gasteiger partial charge in [-0.2, -0.15) is 0 Å². The molecular formula is C28H33N5O4. The van der Waals surface area contributed by atoms with Crippen molar-refractivity contribution in [1.82, 2.24) is 25.5 Å². The Morgan fingerprint density at radius 1 is 1.11 bits per heavy atom. The van der Waals surface area contributed by atoms with Crippen LogP contribution in [-0.4, -0.2) is 79.2 Å². The van der Waals surface area contributed by atoms with Crippen LogP contribution in [0.15, 0.2) is 48.7 Å². The molecule has 5 rings (SSSR count). The van der Waals surface area contributed by atoms with Crippen molar-refractivity contribution in [2.45, 2.75) is 19.3 Å². The van der Waals surface area contributed by atoms with Crippen LogP contribution in [0.25, 0.3) is 22.5 Å². The van der Waals surface area contributed by atoms with Gasteiger partial charge in [-0.3, -0.25) is 19.5 Å². The third kappa shape index (κ3) is 6.55. The number of benzene rings is 1. The number of nitrogens with zero attached hydrogens (tertiary/aromatic N) is 2. The largest absolute Gasteiger partial charge is 0.494 e. The lowest BCUT2D eigenvalue weighted by molar-refractivity contribution is -0.121. The quantitative estimate of drug-likeness (QED) is 0.367. The van der Waals surface area contributed by atoms with Gasteiger partial charge in [-0.1, -0.05) is 0 Å². The molecule has 0 bridgehead atoms. The molecule has 9 nitrogen and oxygen atoms in total. The highest BCUT2D eigenvalue weighted by atomic mass is 16.5. The summed E-state index contributed by atoms with van der Waals surface area (Å²) in [7, 11) is 0. The summed E-state index contributed by atoms with van der Waals surface area (Å²) in [5.41, 5.74) is 5.40. The minimum absolute atomic E-state index is 0.0296. The lowest BCUT2D eigenvalue weighted by Gasteiger charge is -2.26. The van der Waals surface area contributed by atoms with E-state index in [4.69, 9.17) is 9.47 Å². The highest BCUT2D eigenvalue weighted by Crippen LogP contribution is 2.28. The van der Waals surface area contributed by atoms with E-state index in [1.54, 1.807) is 6.20 Å². The summed E-state index contributed by atoms with van der Waals surface area (Å²) in [5.74, 6) is 0.787. The molecule has 194 valence electrons. The molecule has 9 heteroatoms. The summed E-state index contributed by atoms with van der Waals surface area (Å²) < 4.78 is 11.2. The van der Waals surface area contributed by atoms with E-state index >= 15 is 0 Å². The number of aromatic nitrogens is 2. The fourth-order valence-corrected chi connectivity index (χ4v) is 4.62. The second-order valence-corrected chi connectivity index (χ2v) is 9.29. The lowest BCUT2D eigenvalue weighted by Crippen LogP contribution is -2.41. The summed E-state index contributed by atoms with van der Waals surface area (Å²) in [6.45, 7) is 6.06. The van der Waals surface area contributed by atoms with E-state index in [-0.39, 0.29) is 11.8 Å². The summed E-state index contributed by atoms with van der Waals surface area (Å²) >= 11 is 0. The Kier molecular flexibility index (Phi) is 8.12. The Morgan fingerprint density at radius 3 is 2.76 bits per heavy atom. The number of rotatable bonds is 10. The zero-order valence-electron chi connectivity index (χ0n) is 20.9. The maximum atomic E-state index is 12.1. The van der Waals surface area contributed by atoms with E-state index in [0.717, 1.165) is 73.2 Å². The maximum absolute atomic E-state index is 12.1. The number of ether oxygens (including phenoxy) is 2. The average Bonchev–Trinajstić information content (AvgIpc) is 3.38. The molecule has 0 unspecified atom stereocenters. The van der Waals surface area contributed by atoms with Gasteiger partial charge in [0, 0.05) is 74.3 Å². The first-order valence-electron chi connectivity index (χ1n) is 12.9. The van der Waals surface area contributed by atoms with Gasteiger partial charge in [0.25, 0.3) is 5.91 Å². The fraction of sp³-hybridized carbons (Fsp3) is 0.393. The van der Waals surface area contributed by atoms with E-state index in [2.05, 4.69) is 25.5 Å². The molecule has 2 aromatic heterocycles. The van der Waals surface area contributed by atoms with Gasteiger partial charge >= 0.3 is 0 Å². The van der Waals surface area contributed by atoms with Gasteiger partial charge in [-0.05, 0) is 48.9 Å². The maximum Gasteiger partial charge on any atom is 0.253 e. The minimum Gasteiger partial charge on any atom is -0.494 e. The van der Waals surface area contributed by atoms with Crippen molar-refractivity contribution >= 4 is 11.8 Å². The zero-order valence-corrected chi connectivity index (χ0v) is 20.9. The fourth-order valence-electron chi connectivity index (χ4n) is 4.62. The van der Waals surface area contributed by atoms with Crippen LogP contribution in [0.5, 0.6) is 5.75 Å². The van der Waals surface area contributed by atoms with E-state index in [0.29, 0.717) is 38.1 Å². The smallest absolute Gasteiger partial charge is 0.253 e. The number of hydrogen-bond acceptors (Lipinski definition) is 6. The van der Waals surface area contributed by atoms with Crippen LogP contribution in [0.2, 0.25) is 0 Å². The van der Waals surface area contributed by atoms with Crippen molar-refractivity contribution in [1.29, 1.82) is 0 Å². The van der Waals surface area contributed by atoms with Crippen LogP contribution >= 0.6 is 0 Å². The predicted octanol–water partition coefficient (Wildman–Crippen LogP) is 2.64. The van der Waals surface area contributed by atoms with Crippen LogP contribution in [0.3, 0.4) is 0 Å². The highest BCUT2D eigenvalue weighted by molar-refractivity contribution is 5.97. The molecule has 37 heavy (non-hydrogen) atoms. The van der Waals surface area contributed by atoms with Gasteiger partial charge < -0.3 is 25.1 Å². The van der Waals surface area contributed by atoms with E-state index in [1.165, 1.54) is 0 Å². The van der Waals surface area contributed by atoms with Crippen molar-refractivity contribution in [2.75, 3.05) is 52.5 Å². The molecule has 3 aromatic rings. The first-order valence-corrected chi connectivity index (χ1v) is 12.9. The Labute approximate surface area is 216 Å². The molecule has 2 aliphatic heterocycles. The zero-order chi connectivity index (χ0) is 25.5. The Balaban J connectivity index is 1.08. The predicted molar refractivity (Wildman–Crippen MR) is 140 cm³/mol. The number of pyridine rings is 1. The van der Waals surface area contributed by atoms with Gasteiger partial charge in [0.05, 0.1) is 31.1 Å². The average molecular weight is 504 g/mol. The number of carbonyl (C=O) groups is 2. The number of morpholine rings is 1. The summed E-state index contributed by atoms with van der Waals surface area (Å²) in [6.07, 6.45) is 3.69. The number of fused-ring (bicyclic) bond motifs is 1. The Hall–Kier alpha value is -3.69. The van der Waals surface area contributed by atoms with Crippen molar-refractivity contribution in [3.05, 3.63) is 59.9 Å². The Bertz CT molecular complexity index is 1220. The summed E-state index contributed by atoms with van der Waals surface area (Å²) in [5, 5.41) is 5.86. The lowest BCUT2D eigenvalue weighted by atomic mass is 10.1. The molecule has 0 radical (unpaired) electrons. The number of amides is 2. The number of carbonyl (C=O) groups excluding carboxylic acids is 2. The normalized spacial score (nSPS) is 15.6. The molecule has 1 saturated heterocycles. The van der Waals surface area contributed by atoms with Gasteiger partial charge in [-0.25, -0.2) is 0 Å². The molecular weight excluding hydrogens is 470 g/mol. The van der Waals surface area contributed by atoms with Gasteiger partial charge in [0.2, 0.25) is 5.91 Å². The van der Waals surface area contributed by atoms with Crippen LogP contribution < -0.4 is 15.4 Å². The van der Waals surface area contributed by atoms with Gasteiger partial charge in [-0.15, -0.1) is 0 Å². The number of nitrogens with one attached hydrogen (secondary N) is 3. The molecule has 0 spiro atoms. The molecule has 2 amide bonds. The minimum atomic E-state index is -0.0296. The summed E-state index contributed by atoms with van der Waals surface area (Å²) in [4.78, 5) is 34.4. The van der Waals surface area contributed by atoms with Crippen molar-refractivity contribution in [3.63, 3.8) is 0 Å². The van der Waals surface area contributed by atoms with Gasteiger partial charge in [0.15, 0.2) is 0 Å². The third-order valence-electron chi connectivity index (χ3n) is 6.70. The van der Waals surface area contributed by atoms with Crippen LogP contribution in [-0.2, 0) is 16.0 Å². The molecule has 0 saturated carbocycles. The van der Waals surface area contributed by atoms with E-state index < -0.39 is 0 Å². The molecule has 3 N–H and O–H groups in total. The van der Waals surface area contributed by atoms with Crippen LogP contribution in [0.4, 0.5) is 0 Å². The number of aromatic amines is 1. The standard InChI is InChI=1S/C28H33N5O4/c34-27(30-11-12-33-13-16-36-17-14-33)2-1-15-37-22-5-3-20(4-6-22)25-18-21(7-9-29-25)26-19-23-24(32-26)8-10-31-28(23)35/h3-7,9,18-19,32H,1-2,8,10-17H2,(H,30,34)(H,31,35). The number of H-pyrrole nitrogens is 1. The van der Waals surface area contributed by atoms with Crippen molar-refractivity contribution < 1.29 is 19.1 Å². The molecule has 0 atom stereocenters.